The number of nitrogens with zero attached hydrogens (tertiary/aromatic N) is 1. The van der Waals surface area contributed by atoms with Crippen LogP contribution in [-0.2, 0) is 0 Å². The first-order valence-electron chi connectivity index (χ1n) is 6.45. The number of hydrazine groups is 1. The molecule has 1 heterocycles. The Kier molecular flexibility index (Phi) is 3.60. The summed E-state index contributed by atoms with van der Waals surface area (Å²) in [5.41, 5.74) is 4.18. The van der Waals surface area contributed by atoms with Crippen molar-refractivity contribution in [3.8, 4) is 0 Å². The molecule has 0 aliphatic heterocycles. The minimum Gasteiger partial charge on any atom is -0.271 e. The number of pyridine rings is 1. The number of nitrogens with one attached hydrogen (secondary N) is 1. The quantitative estimate of drug-likeness (QED) is 0.574. The smallest absolute Gasteiger partial charge is 0.163 e. The Hall–Kier alpha value is -2.37. The van der Waals surface area contributed by atoms with Gasteiger partial charge in [0.05, 0.1) is 11.6 Å². The molecule has 21 heavy (non-hydrogen) atoms. The summed E-state index contributed by atoms with van der Waals surface area (Å²) in [6, 6.07) is 12.7. The van der Waals surface area contributed by atoms with Crippen LogP contribution in [0.4, 0.5) is 8.78 Å². The first-order valence-corrected chi connectivity index (χ1v) is 6.45. The molecule has 0 amide bonds. The number of fused-ring (bicyclic) bond motifs is 1. The van der Waals surface area contributed by atoms with E-state index in [0.717, 1.165) is 17.0 Å². The first kappa shape index (κ1) is 13.6. The first-order chi connectivity index (χ1) is 10.2. The van der Waals surface area contributed by atoms with Crippen molar-refractivity contribution in [3.63, 3.8) is 0 Å². The van der Waals surface area contributed by atoms with E-state index in [-0.39, 0.29) is 5.56 Å². The molecular weight excluding hydrogens is 272 g/mol. The summed E-state index contributed by atoms with van der Waals surface area (Å²) in [5, 5.41) is 0.969. The van der Waals surface area contributed by atoms with Gasteiger partial charge in [0.25, 0.3) is 0 Å². The van der Waals surface area contributed by atoms with Crippen molar-refractivity contribution in [2.75, 3.05) is 0 Å². The predicted molar refractivity (Wildman–Crippen MR) is 77.3 cm³/mol. The van der Waals surface area contributed by atoms with Crippen molar-refractivity contribution in [3.05, 3.63) is 77.5 Å². The van der Waals surface area contributed by atoms with E-state index >= 15 is 0 Å². The highest BCUT2D eigenvalue weighted by Crippen LogP contribution is 2.27. The molecule has 3 N–H and O–H groups in total. The fraction of sp³-hybridized carbons (Fsp3) is 0.0625. The van der Waals surface area contributed by atoms with Gasteiger partial charge in [-0.15, -0.1) is 0 Å². The maximum Gasteiger partial charge on any atom is 0.163 e. The molecule has 0 radical (unpaired) electrons. The Morgan fingerprint density at radius 2 is 1.90 bits per heavy atom. The standard InChI is InChI=1S/C16H13F2N3/c17-13-5-1-4-12(15(13)18)16(21-19)11-7-6-10-3-2-8-20-14(10)9-11/h1-9,16,21H,19H2. The predicted octanol–water partition coefficient (Wildman–Crippen LogP) is 3.07. The largest absolute Gasteiger partial charge is 0.271 e. The molecule has 3 nitrogen and oxygen atoms in total. The molecule has 106 valence electrons. The van der Waals surface area contributed by atoms with Crippen LogP contribution in [0.5, 0.6) is 0 Å². The Morgan fingerprint density at radius 3 is 2.71 bits per heavy atom. The molecule has 2 aromatic carbocycles. The van der Waals surface area contributed by atoms with Crippen LogP contribution in [0.3, 0.4) is 0 Å². The van der Waals surface area contributed by atoms with Gasteiger partial charge in [-0.2, -0.15) is 0 Å². The van der Waals surface area contributed by atoms with Gasteiger partial charge >= 0.3 is 0 Å². The lowest BCUT2D eigenvalue weighted by atomic mass is 9.97. The number of aromatic nitrogens is 1. The average molecular weight is 285 g/mol. The van der Waals surface area contributed by atoms with Crippen LogP contribution in [0, 0.1) is 11.6 Å². The molecule has 0 bridgehead atoms. The molecule has 0 fully saturated rings. The van der Waals surface area contributed by atoms with Gasteiger partial charge in [0.15, 0.2) is 11.6 Å². The van der Waals surface area contributed by atoms with Crippen LogP contribution in [0.2, 0.25) is 0 Å². The molecule has 3 aromatic rings. The van der Waals surface area contributed by atoms with Gasteiger partial charge in [-0.05, 0) is 23.8 Å². The Morgan fingerprint density at radius 1 is 1.05 bits per heavy atom. The monoisotopic (exact) mass is 285 g/mol. The maximum atomic E-state index is 14.0. The van der Waals surface area contributed by atoms with Crippen LogP contribution in [0.1, 0.15) is 17.2 Å². The lowest BCUT2D eigenvalue weighted by Crippen LogP contribution is -2.29. The zero-order valence-electron chi connectivity index (χ0n) is 11.1. The summed E-state index contributed by atoms with van der Waals surface area (Å²) in [4.78, 5) is 4.26. The van der Waals surface area contributed by atoms with Crippen molar-refractivity contribution in [2.45, 2.75) is 6.04 Å². The van der Waals surface area contributed by atoms with E-state index in [1.807, 2.05) is 30.3 Å². The number of rotatable bonds is 3. The number of hydrogen-bond acceptors (Lipinski definition) is 3. The second kappa shape index (κ2) is 5.55. The lowest BCUT2D eigenvalue weighted by Gasteiger charge is -2.18. The molecule has 0 aliphatic rings. The Balaban J connectivity index is 2.11. The van der Waals surface area contributed by atoms with Crippen molar-refractivity contribution >= 4 is 10.9 Å². The lowest BCUT2D eigenvalue weighted by molar-refractivity contribution is 0.483. The summed E-state index contributed by atoms with van der Waals surface area (Å²) in [7, 11) is 0. The van der Waals surface area contributed by atoms with Crippen LogP contribution >= 0.6 is 0 Å². The molecule has 5 heteroatoms. The highest BCUT2D eigenvalue weighted by molar-refractivity contribution is 5.79. The highest BCUT2D eigenvalue weighted by atomic mass is 19.2. The Labute approximate surface area is 120 Å². The average Bonchev–Trinajstić information content (AvgIpc) is 2.52. The van der Waals surface area contributed by atoms with E-state index in [1.165, 1.54) is 12.1 Å². The summed E-state index contributed by atoms with van der Waals surface area (Å²) in [6.45, 7) is 0. The van der Waals surface area contributed by atoms with Crippen LogP contribution < -0.4 is 11.3 Å². The van der Waals surface area contributed by atoms with Gasteiger partial charge in [0.2, 0.25) is 0 Å². The van der Waals surface area contributed by atoms with Gasteiger partial charge in [-0.3, -0.25) is 10.8 Å². The molecule has 0 saturated heterocycles. The van der Waals surface area contributed by atoms with E-state index < -0.39 is 17.7 Å². The van der Waals surface area contributed by atoms with E-state index in [9.17, 15) is 8.78 Å². The molecule has 0 spiro atoms. The number of nitrogens with two attached hydrogens (primary N) is 1. The van der Waals surface area contributed by atoms with Crippen LogP contribution in [0.25, 0.3) is 10.9 Å². The molecule has 1 aromatic heterocycles. The van der Waals surface area contributed by atoms with Gasteiger partial charge < -0.3 is 0 Å². The third kappa shape index (κ3) is 2.49. The molecular formula is C16H13F2N3. The minimum atomic E-state index is -0.901. The SMILES string of the molecule is NNC(c1ccc2cccnc2c1)c1cccc(F)c1F. The zero-order valence-corrected chi connectivity index (χ0v) is 11.1. The van der Waals surface area contributed by atoms with E-state index in [1.54, 1.807) is 6.20 Å². The third-order valence-corrected chi connectivity index (χ3v) is 3.42. The zero-order chi connectivity index (χ0) is 14.8. The van der Waals surface area contributed by atoms with Crippen molar-refractivity contribution < 1.29 is 8.78 Å². The van der Waals surface area contributed by atoms with Gasteiger partial charge in [0, 0.05) is 17.1 Å². The minimum absolute atomic E-state index is 0.160. The van der Waals surface area contributed by atoms with Crippen LogP contribution in [-0.4, -0.2) is 4.98 Å². The summed E-state index contributed by atoms with van der Waals surface area (Å²) in [6.07, 6.45) is 1.68. The molecule has 0 aliphatic carbocycles. The fourth-order valence-electron chi connectivity index (χ4n) is 2.37. The molecule has 1 unspecified atom stereocenters. The summed E-state index contributed by atoms with van der Waals surface area (Å²) >= 11 is 0. The Bertz CT molecular complexity index is 789. The third-order valence-electron chi connectivity index (χ3n) is 3.42. The second-order valence-corrected chi connectivity index (χ2v) is 4.70. The fourth-order valence-corrected chi connectivity index (χ4v) is 2.37. The van der Waals surface area contributed by atoms with Crippen molar-refractivity contribution in [2.24, 2.45) is 5.84 Å². The van der Waals surface area contributed by atoms with E-state index in [0.29, 0.717) is 5.56 Å². The van der Waals surface area contributed by atoms with Crippen molar-refractivity contribution in [1.82, 2.24) is 10.4 Å². The van der Waals surface area contributed by atoms with Crippen LogP contribution in [0.15, 0.2) is 54.7 Å². The molecule has 0 saturated carbocycles. The van der Waals surface area contributed by atoms with Gasteiger partial charge in [-0.1, -0.05) is 30.3 Å². The summed E-state index contributed by atoms with van der Waals surface area (Å²) < 4.78 is 27.3. The molecule has 3 rings (SSSR count). The molecule has 1 atom stereocenters. The van der Waals surface area contributed by atoms with E-state index in [4.69, 9.17) is 5.84 Å². The van der Waals surface area contributed by atoms with Gasteiger partial charge in [0.1, 0.15) is 0 Å². The maximum absolute atomic E-state index is 14.0. The second-order valence-electron chi connectivity index (χ2n) is 4.70. The summed E-state index contributed by atoms with van der Waals surface area (Å²) in [5.74, 6) is 3.74. The topological polar surface area (TPSA) is 50.9 Å². The number of halogens is 2. The van der Waals surface area contributed by atoms with Gasteiger partial charge in [-0.25, -0.2) is 14.2 Å². The number of hydrogen-bond donors (Lipinski definition) is 2. The van der Waals surface area contributed by atoms with Crippen molar-refractivity contribution in [1.29, 1.82) is 0 Å². The van der Waals surface area contributed by atoms with E-state index in [2.05, 4.69) is 10.4 Å². The number of benzene rings is 2. The highest BCUT2D eigenvalue weighted by Gasteiger charge is 2.19. The normalized spacial score (nSPS) is 12.5.